The lowest BCUT2D eigenvalue weighted by Gasteiger charge is -2.30. The maximum atomic E-state index is 14.9. The third-order valence-corrected chi connectivity index (χ3v) is 12.5. The Morgan fingerprint density at radius 1 is 1.08 bits per heavy atom. The molecule has 0 bridgehead atoms. The van der Waals surface area contributed by atoms with Crippen molar-refractivity contribution in [2.24, 2.45) is 23.2 Å². The molecule has 0 radical (unpaired) electrons. The fourth-order valence-electron chi connectivity index (χ4n) is 8.27. The number of hydrogen-bond acceptors (Lipinski definition) is 11. The van der Waals surface area contributed by atoms with Crippen LogP contribution in [0.25, 0.3) is 21.6 Å². The molecule has 2 fully saturated rings. The number of thiazole rings is 1. The summed E-state index contributed by atoms with van der Waals surface area (Å²) in [6.07, 6.45) is 6.98. The zero-order chi connectivity index (χ0) is 43.2. The molecule has 3 heterocycles. The van der Waals surface area contributed by atoms with Crippen molar-refractivity contribution < 1.29 is 38.1 Å². The molecule has 2 aliphatic rings. The molecule has 0 unspecified atom stereocenters. The van der Waals surface area contributed by atoms with Gasteiger partial charge in [0, 0.05) is 40.7 Å². The Morgan fingerprint density at radius 2 is 1.83 bits per heavy atom. The number of ether oxygens (including phenoxy) is 4. The number of pyridine rings is 1. The Bertz CT molecular complexity index is 2030. The number of likely N-dealkylation sites (tertiary alicyclic amines) is 1. The minimum Gasteiger partial charge on any atom is -0.496 e. The van der Waals surface area contributed by atoms with Gasteiger partial charge in [-0.1, -0.05) is 45.8 Å². The lowest BCUT2D eigenvalue weighted by atomic mass is 9.87. The number of rotatable bonds is 20. The third kappa shape index (κ3) is 10.4. The average Bonchev–Trinajstić information content (AvgIpc) is 3.48. The Morgan fingerprint density at radius 3 is 2.44 bits per heavy atom. The first-order valence-corrected chi connectivity index (χ1v) is 21.9. The first-order valence-electron chi connectivity index (χ1n) is 21.0. The number of esters is 2. The predicted octanol–water partition coefficient (Wildman–Crippen LogP) is 9.59. The van der Waals surface area contributed by atoms with E-state index in [2.05, 4.69) is 27.0 Å². The van der Waals surface area contributed by atoms with Gasteiger partial charge < -0.3 is 23.8 Å². The Hall–Kier alpha value is -4.58. The molecule has 5 rings (SSSR count). The second kappa shape index (κ2) is 19.2. The summed E-state index contributed by atoms with van der Waals surface area (Å²) in [6.45, 7) is 23.2. The SMILES string of the molecule is C=CCCCCC[C@H](CC(=O)OC(C)(C)C)C(=O)N1C[C@H](Oc2cc(-c3nc(C(C)C)cs3)nc3c(C)c(OC)ccc23)[C@@H](C)[C@H]1C(=O)C[C@]1(C(=O)OCC)C[C@H]1C=C. The largest absolute Gasteiger partial charge is 0.496 e. The number of aromatic nitrogens is 2. The summed E-state index contributed by atoms with van der Waals surface area (Å²) in [6, 6.07) is 4.75. The van der Waals surface area contributed by atoms with Crippen LogP contribution in [0.3, 0.4) is 0 Å². The van der Waals surface area contributed by atoms with Crippen molar-refractivity contribution in [1.29, 1.82) is 0 Å². The van der Waals surface area contributed by atoms with Crippen LogP contribution in [-0.4, -0.2) is 76.5 Å². The second-order valence-electron chi connectivity index (χ2n) is 17.5. The molecule has 6 atom stereocenters. The molecule has 1 saturated carbocycles. The number of fused-ring (bicyclic) bond motifs is 1. The smallest absolute Gasteiger partial charge is 0.313 e. The first-order chi connectivity index (χ1) is 28.0. The normalized spacial score (nSPS) is 21.9. The van der Waals surface area contributed by atoms with Crippen LogP contribution in [0.4, 0.5) is 0 Å². The van der Waals surface area contributed by atoms with Gasteiger partial charge in [0.15, 0.2) is 5.78 Å². The van der Waals surface area contributed by atoms with Gasteiger partial charge >= 0.3 is 11.9 Å². The van der Waals surface area contributed by atoms with Gasteiger partial charge in [-0.15, -0.1) is 24.5 Å². The van der Waals surface area contributed by atoms with E-state index in [4.69, 9.17) is 28.9 Å². The van der Waals surface area contributed by atoms with Crippen molar-refractivity contribution >= 4 is 45.9 Å². The van der Waals surface area contributed by atoms with Gasteiger partial charge in [0.1, 0.15) is 33.9 Å². The molecule has 1 amide bonds. The average molecular weight is 830 g/mol. The van der Waals surface area contributed by atoms with E-state index < -0.39 is 46.9 Å². The molecule has 1 saturated heterocycles. The van der Waals surface area contributed by atoms with Gasteiger partial charge in [0.2, 0.25) is 5.91 Å². The van der Waals surface area contributed by atoms with Crippen molar-refractivity contribution in [2.75, 3.05) is 20.3 Å². The van der Waals surface area contributed by atoms with Crippen LogP contribution < -0.4 is 9.47 Å². The summed E-state index contributed by atoms with van der Waals surface area (Å²) in [7, 11) is 1.62. The third-order valence-electron chi connectivity index (χ3n) is 11.6. The molecule has 1 aromatic carbocycles. The van der Waals surface area contributed by atoms with E-state index >= 15 is 0 Å². The number of ketones is 1. The zero-order valence-electron chi connectivity index (χ0n) is 36.4. The van der Waals surface area contributed by atoms with Crippen LogP contribution in [0.15, 0.2) is 48.9 Å². The molecule has 1 aliphatic heterocycles. The summed E-state index contributed by atoms with van der Waals surface area (Å²) in [5, 5.41) is 3.54. The van der Waals surface area contributed by atoms with E-state index in [0.29, 0.717) is 42.0 Å². The highest BCUT2D eigenvalue weighted by atomic mass is 32.1. The fraction of sp³-hybridized carbons (Fsp3) is 0.574. The molecule has 12 heteroatoms. The molecule has 320 valence electrons. The summed E-state index contributed by atoms with van der Waals surface area (Å²) in [4.78, 5) is 67.9. The number of carbonyl (C=O) groups excluding carboxylic acids is 4. The summed E-state index contributed by atoms with van der Waals surface area (Å²) >= 11 is 1.51. The van der Waals surface area contributed by atoms with Gasteiger partial charge in [-0.3, -0.25) is 19.2 Å². The molecule has 1 aliphatic carbocycles. The van der Waals surface area contributed by atoms with Crippen LogP contribution in [-0.2, 0) is 28.7 Å². The molecule has 0 spiro atoms. The monoisotopic (exact) mass is 829 g/mol. The number of methoxy groups -OCH3 is 1. The van der Waals surface area contributed by atoms with E-state index in [1.165, 1.54) is 11.3 Å². The topological polar surface area (TPSA) is 134 Å². The minimum absolute atomic E-state index is 0.0953. The molecule has 59 heavy (non-hydrogen) atoms. The maximum Gasteiger partial charge on any atom is 0.313 e. The van der Waals surface area contributed by atoms with Crippen molar-refractivity contribution in [3.63, 3.8) is 0 Å². The summed E-state index contributed by atoms with van der Waals surface area (Å²) in [5.74, 6) is -1.41. The summed E-state index contributed by atoms with van der Waals surface area (Å²) in [5.41, 5.74) is 1.38. The van der Waals surface area contributed by atoms with Crippen LogP contribution in [0.1, 0.15) is 117 Å². The number of unbranched alkanes of at least 4 members (excludes halogenated alkanes) is 3. The quantitative estimate of drug-likeness (QED) is 0.0616. The second-order valence-corrected chi connectivity index (χ2v) is 18.3. The van der Waals surface area contributed by atoms with Gasteiger partial charge in [-0.25, -0.2) is 9.97 Å². The van der Waals surface area contributed by atoms with Crippen LogP contribution >= 0.6 is 11.3 Å². The highest BCUT2D eigenvalue weighted by molar-refractivity contribution is 7.13. The number of aryl methyl sites for hydroxylation is 1. The van der Waals surface area contributed by atoms with Crippen LogP contribution in [0.2, 0.25) is 0 Å². The maximum absolute atomic E-state index is 14.9. The van der Waals surface area contributed by atoms with E-state index in [0.717, 1.165) is 40.9 Å². The van der Waals surface area contributed by atoms with E-state index in [-0.39, 0.29) is 49.5 Å². The Balaban J connectivity index is 1.56. The number of benzene rings is 1. The van der Waals surface area contributed by atoms with Crippen LogP contribution in [0.5, 0.6) is 11.5 Å². The number of hydrogen-bond donors (Lipinski definition) is 0. The van der Waals surface area contributed by atoms with Crippen molar-refractivity contribution in [2.45, 2.75) is 130 Å². The lowest BCUT2D eigenvalue weighted by Crippen LogP contribution is -2.47. The number of amides is 1. The van der Waals surface area contributed by atoms with Crippen molar-refractivity contribution in [3.8, 4) is 22.2 Å². The number of allylic oxidation sites excluding steroid dienone is 2. The molecule has 3 aromatic rings. The predicted molar refractivity (Wildman–Crippen MR) is 232 cm³/mol. The summed E-state index contributed by atoms with van der Waals surface area (Å²) < 4.78 is 23.8. The van der Waals surface area contributed by atoms with E-state index in [9.17, 15) is 19.2 Å². The van der Waals surface area contributed by atoms with Gasteiger partial charge in [-0.05, 0) is 84.3 Å². The molecular weight excluding hydrogens is 767 g/mol. The van der Waals surface area contributed by atoms with Gasteiger partial charge in [-0.2, -0.15) is 0 Å². The number of carbonyl (C=O) groups is 4. The minimum atomic E-state index is -1.03. The van der Waals surface area contributed by atoms with E-state index in [1.54, 1.807) is 45.8 Å². The molecule has 2 aromatic heterocycles. The first kappa shape index (κ1) is 45.5. The van der Waals surface area contributed by atoms with Crippen molar-refractivity contribution in [1.82, 2.24) is 14.9 Å². The zero-order valence-corrected chi connectivity index (χ0v) is 37.2. The highest BCUT2D eigenvalue weighted by Gasteiger charge is 2.62. The molecule has 11 nitrogen and oxygen atoms in total. The number of nitrogens with zero attached hydrogens (tertiary/aromatic N) is 3. The molecular formula is C47H63N3O8S. The molecule has 0 N–H and O–H groups in total. The lowest BCUT2D eigenvalue weighted by molar-refractivity contribution is -0.159. The fourth-order valence-corrected chi connectivity index (χ4v) is 9.21. The Labute approximate surface area is 353 Å². The van der Waals surface area contributed by atoms with E-state index in [1.807, 2.05) is 43.5 Å². The Kier molecular flexibility index (Phi) is 14.8. The standard InChI is InChI=1S/C47H63N3O8S/c1-12-15-16-17-18-19-31(22-40(52)58-46(8,9)10)44(53)50-26-39(30(7)42(50)36(51)25-47(24-32(47)13-2)45(54)56-14-3)57-38-23-34(43-49-35(27-59-43)28(4)5)48-41-29(6)37(55-11)21-20-33(38)41/h12-13,20-21,23,27-28,30-32,39,42H,1-2,14-19,22,24-26H2,3-11H3/t30-,31-,32-,39+,42+,47-/m1/s1. The number of Topliss-reactive ketones (excluding diaryl/α,β-unsaturated/α-hetero) is 1. The van der Waals surface area contributed by atoms with Crippen molar-refractivity contribution in [3.05, 3.63) is 60.1 Å². The highest BCUT2D eigenvalue weighted by Crippen LogP contribution is 2.57. The van der Waals surface area contributed by atoms with Gasteiger partial charge in [0.25, 0.3) is 0 Å². The van der Waals surface area contributed by atoms with Gasteiger partial charge in [0.05, 0.1) is 49.3 Å². The van der Waals surface area contributed by atoms with Crippen LogP contribution in [0, 0.1) is 30.1 Å².